The van der Waals surface area contributed by atoms with E-state index in [2.05, 4.69) is 0 Å². The van der Waals surface area contributed by atoms with Gasteiger partial charge in [0, 0.05) is 30.3 Å². The lowest BCUT2D eigenvalue weighted by Crippen LogP contribution is -2.15. The molecular formula is C13H21NO2S. The molecule has 0 aliphatic rings. The second-order valence-electron chi connectivity index (χ2n) is 3.91. The quantitative estimate of drug-likeness (QED) is 0.721. The topological polar surface area (TPSA) is 52.3 Å². The first-order chi connectivity index (χ1) is 8.29. The molecule has 0 heterocycles. The van der Waals surface area contributed by atoms with Crippen LogP contribution >= 0.6 is 0 Å². The Bertz CT molecular complexity index is 329. The van der Waals surface area contributed by atoms with Crippen molar-refractivity contribution in [1.29, 1.82) is 0 Å². The molecule has 1 aromatic rings. The van der Waals surface area contributed by atoms with Gasteiger partial charge < -0.3 is 10.5 Å². The van der Waals surface area contributed by atoms with Gasteiger partial charge in [-0.05, 0) is 24.9 Å². The van der Waals surface area contributed by atoms with Crippen LogP contribution in [0.4, 0.5) is 0 Å². The van der Waals surface area contributed by atoms with Gasteiger partial charge in [-0.3, -0.25) is 4.21 Å². The molecule has 0 aliphatic heterocycles. The summed E-state index contributed by atoms with van der Waals surface area (Å²) in [5.74, 6) is 0.674. The third kappa shape index (κ3) is 4.98. The van der Waals surface area contributed by atoms with E-state index in [-0.39, 0.29) is 5.25 Å². The van der Waals surface area contributed by atoms with Crippen molar-refractivity contribution >= 4 is 10.8 Å². The second kappa shape index (κ2) is 8.39. The molecule has 1 aromatic carbocycles. The summed E-state index contributed by atoms with van der Waals surface area (Å²) in [5.41, 5.74) is 6.72. The van der Waals surface area contributed by atoms with Crippen LogP contribution in [0.15, 0.2) is 30.3 Å². The first-order valence-electron chi connectivity index (χ1n) is 5.90. The molecule has 0 fully saturated rings. The number of methoxy groups -OCH3 is 1. The van der Waals surface area contributed by atoms with E-state index in [0.717, 1.165) is 18.4 Å². The summed E-state index contributed by atoms with van der Waals surface area (Å²) in [6.07, 6.45) is 1.60. The van der Waals surface area contributed by atoms with E-state index in [1.54, 1.807) is 7.11 Å². The maximum Gasteiger partial charge on any atom is 0.0609 e. The van der Waals surface area contributed by atoms with Crippen LogP contribution < -0.4 is 5.73 Å². The molecule has 0 bridgehead atoms. The van der Waals surface area contributed by atoms with E-state index >= 15 is 0 Å². The van der Waals surface area contributed by atoms with E-state index in [0.29, 0.717) is 18.9 Å². The average molecular weight is 255 g/mol. The van der Waals surface area contributed by atoms with Crippen molar-refractivity contribution in [2.24, 2.45) is 5.73 Å². The summed E-state index contributed by atoms with van der Waals surface area (Å²) in [7, 11) is 0.794. The second-order valence-corrected chi connectivity index (χ2v) is 5.65. The first-order valence-corrected chi connectivity index (χ1v) is 7.29. The summed E-state index contributed by atoms with van der Waals surface area (Å²) >= 11 is 0. The first kappa shape index (κ1) is 14.4. The van der Waals surface area contributed by atoms with Crippen molar-refractivity contribution in [2.75, 3.05) is 26.0 Å². The monoisotopic (exact) mass is 255 g/mol. The highest BCUT2D eigenvalue weighted by Gasteiger charge is 2.17. The van der Waals surface area contributed by atoms with Crippen molar-refractivity contribution < 1.29 is 8.95 Å². The van der Waals surface area contributed by atoms with Crippen LogP contribution in [-0.2, 0) is 15.5 Å². The van der Waals surface area contributed by atoms with Gasteiger partial charge >= 0.3 is 0 Å². The average Bonchev–Trinajstić information content (AvgIpc) is 2.37. The zero-order valence-corrected chi connectivity index (χ0v) is 11.1. The largest absolute Gasteiger partial charge is 0.385 e. The third-order valence-corrected chi connectivity index (χ3v) is 4.45. The van der Waals surface area contributed by atoms with Gasteiger partial charge in [0.25, 0.3) is 0 Å². The summed E-state index contributed by atoms with van der Waals surface area (Å²) in [4.78, 5) is 0. The van der Waals surface area contributed by atoms with Gasteiger partial charge in [0.05, 0.1) is 5.25 Å². The summed E-state index contributed by atoms with van der Waals surface area (Å²) in [6, 6.07) is 9.97. The number of benzene rings is 1. The molecular weight excluding hydrogens is 234 g/mol. The van der Waals surface area contributed by atoms with Crippen LogP contribution in [0.25, 0.3) is 0 Å². The molecule has 0 amide bonds. The standard InChI is InChI=1S/C13H21NO2S/c1-16-10-5-11-17(15)13(8-9-14)12-6-3-2-4-7-12/h2-4,6-7,13H,5,8-11,14H2,1H3. The van der Waals surface area contributed by atoms with Crippen molar-refractivity contribution in [3.63, 3.8) is 0 Å². The zero-order chi connectivity index (χ0) is 12.5. The Morgan fingerprint density at radius 2 is 2.06 bits per heavy atom. The molecule has 2 atom stereocenters. The summed E-state index contributed by atoms with van der Waals surface area (Å²) in [5, 5.41) is 0.0538. The fourth-order valence-corrected chi connectivity index (χ4v) is 3.30. The highest BCUT2D eigenvalue weighted by Crippen LogP contribution is 2.23. The highest BCUT2D eigenvalue weighted by molar-refractivity contribution is 7.85. The van der Waals surface area contributed by atoms with Gasteiger partial charge in [0.15, 0.2) is 0 Å². The predicted molar refractivity (Wildman–Crippen MR) is 72.4 cm³/mol. The molecule has 96 valence electrons. The lowest BCUT2D eigenvalue weighted by molar-refractivity contribution is 0.200. The highest BCUT2D eigenvalue weighted by atomic mass is 32.2. The maximum absolute atomic E-state index is 12.2. The van der Waals surface area contributed by atoms with Gasteiger partial charge in [0.1, 0.15) is 0 Å². The lowest BCUT2D eigenvalue weighted by atomic mass is 10.1. The molecule has 3 nitrogen and oxygen atoms in total. The number of hydrogen-bond acceptors (Lipinski definition) is 3. The Balaban J connectivity index is 2.62. The Morgan fingerprint density at radius 3 is 2.65 bits per heavy atom. The molecule has 0 aliphatic carbocycles. The Kier molecular flexibility index (Phi) is 7.08. The minimum Gasteiger partial charge on any atom is -0.385 e. The van der Waals surface area contributed by atoms with Crippen LogP contribution in [-0.4, -0.2) is 30.2 Å². The lowest BCUT2D eigenvalue weighted by Gasteiger charge is -2.16. The normalized spacial score (nSPS) is 14.5. The fraction of sp³-hybridized carbons (Fsp3) is 0.538. The molecule has 0 radical (unpaired) electrons. The van der Waals surface area contributed by atoms with Crippen molar-refractivity contribution in [2.45, 2.75) is 18.1 Å². The Morgan fingerprint density at radius 1 is 1.35 bits per heavy atom. The van der Waals surface area contributed by atoms with Crippen LogP contribution in [0.5, 0.6) is 0 Å². The molecule has 0 saturated carbocycles. The van der Waals surface area contributed by atoms with E-state index in [4.69, 9.17) is 10.5 Å². The minimum absolute atomic E-state index is 0.0538. The number of rotatable bonds is 8. The van der Waals surface area contributed by atoms with Crippen molar-refractivity contribution in [3.05, 3.63) is 35.9 Å². The Labute approximate surface area is 106 Å². The molecule has 2 unspecified atom stereocenters. The minimum atomic E-state index is -0.870. The summed E-state index contributed by atoms with van der Waals surface area (Å²) < 4.78 is 17.2. The van der Waals surface area contributed by atoms with Crippen molar-refractivity contribution in [1.82, 2.24) is 0 Å². The van der Waals surface area contributed by atoms with E-state index in [1.165, 1.54) is 0 Å². The number of ether oxygens (including phenoxy) is 1. The SMILES string of the molecule is COCCCS(=O)C(CCN)c1ccccc1. The van der Waals surface area contributed by atoms with Gasteiger partial charge in [-0.25, -0.2) is 0 Å². The van der Waals surface area contributed by atoms with Gasteiger partial charge in [0.2, 0.25) is 0 Å². The van der Waals surface area contributed by atoms with Gasteiger partial charge in [-0.2, -0.15) is 0 Å². The maximum atomic E-state index is 12.2. The number of nitrogens with two attached hydrogens (primary N) is 1. The van der Waals surface area contributed by atoms with Crippen LogP contribution in [0.3, 0.4) is 0 Å². The molecule has 17 heavy (non-hydrogen) atoms. The van der Waals surface area contributed by atoms with Crippen LogP contribution in [0.1, 0.15) is 23.7 Å². The fourth-order valence-electron chi connectivity index (χ4n) is 1.76. The molecule has 0 saturated heterocycles. The predicted octanol–water partition coefficient (Wildman–Crippen LogP) is 1.86. The smallest absolute Gasteiger partial charge is 0.0609 e. The molecule has 1 rings (SSSR count). The third-order valence-electron chi connectivity index (χ3n) is 2.61. The van der Waals surface area contributed by atoms with Gasteiger partial charge in [-0.15, -0.1) is 0 Å². The molecule has 4 heteroatoms. The zero-order valence-electron chi connectivity index (χ0n) is 10.3. The van der Waals surface area contributed by atoms with E-state index in [1.807, 2.05) is 30.3 Å². The molecule has 0 aromatic heterocycles. The Hall–Kier alpha value is -0.710. The summed E-state index contributed by atoms with van der Waals surface area (Å²) in [6.45, 7) is 1.23. The van der Waals surface area contributed by atoms with Crippen molar-refractivity contribution in [3.8, 4) is 0 Å². The van der Waals surface area contributed by atoms with E-state index < -0.39 is 10.8 Å². The van der Waals surface area contributed by atoms with Gasteiger partial charge in [-0.1, -0.05) is 30.3 Å². The molecule has 0 spiro atoms. The van der Waals surface area contributed by atoms with Crippen LogP contribution in [0.2, 0.25) is 0 Å². The molecule has 2 N–H and O–H groups in total. The number of hydrogen-bond donors (Lipinski definition) is 1. The van der Waals surface area contributed by atoms with Crippen LogP contribution in [0, 0.1) is 0 Å². The van der Waals surface area contributed by atoms with E-state index in [9.17, 15) is 4.21 Å².